The second-order valence-corrected chi connectivity index (χ2v) is 4.09. The molecule has 1 amide bonds. The van der Waals surface area contributed by atoms with Crippen LogP contribution in [0.1, 0.15) is 21.7 Å². The van der Waals surface area contributed by atoms with Crippen LogP contribution in [0.4, 0.5) is 5.69 Å². The second-order valence-electron chi connectivity index (χ2n) is 4.09. The minimum Gasteiger partial charge on any atom is -0.507 e. The van der Waals surface area contributed by atoms with Gasteiger partial charge in [-0.15, -0.1) is 0 Å². The number of hydrazone groups is 1. The van der Waals surface area contributed by atoms with Crippen LogP contribution >= 0.6 is 0 Å². The van der Waals surface area contributed by atoms with Crippen molar-refractivity contribution < 1.29 is 19.2 Å². The molecule has 0 saturated heterocycles. The van der Waals surface area contributed by atoms with E-state index in [0.717, 1.165) is 12.3 Å². The molecule has 1 aromatic heterocycles. The Hall–Kier alpha value is -3.16. The highest BCUT2D eigenvalue weighted by atomic mass is 16.6. The Bertz CT molecular complexity index is 720. The number of aryl methyl sites for hydroxylation is 1. The predicted octanol–water partition coefficient (Wildman–Crippen LogP) is 1.97. The van der Waals surface area contributed by atoms with Gasteiger partial charge in [0.05, 0.1) is 23.0 Å². The van der Waals surface area contributed by atoms with Gasteiger partial charge in [0.15, 0.2) is 0 Å². The van der Waals surface area contributed by atoms with Gasteiger partial charge < -0.3 is 9.52 Å². The molecular weight excluding hydrogens is 278 g/mol. The van der Waals surface area contributed by atoms with E-state index < -0.39 is 10.8 Å². The largest absolute Gasteiger partial charge is 0.507 e. The van der Waals surface area contributed by atoms with Crippen molar-refractivity contribution in [1.29, 1.82) is 0 Å². The van der Waals surface area contributed by atoms with Gasteiger partial charge in [0.1, 0.15) is 11.5 Å². The number of nitrogens with zero attached hydrogens (tertiary/aromatic N) is 2. The van der Waals surface area contributed by atoms with Crippen LogP contribution in [-0.2, 0) is 0 Å². The number of rotatable bonds is 4. The van der Waals surface area contributed by atoms with Gasteiger partial charge in [-0.3, -0.25) is 14.9 Å². The molecule has 8 heteroatoms. The maximum Gasteiger partial charge on any atom is 0.274 e. The number of furan rings is 1. The molecule has 1 aromatic carbocycles. The summed E-state index contributed by atoms with van der Waals surface area (Å²) in [6.07, 6.45) is 2.50. The van der Waals surface area contributed by atoms with Crippen molar-refractivity contribution in [3.63, 3.8) is 0 Å². The Kier molecular flexibility index (Phi) is 3.98. The maximum absolute atomic E-state index is 11.7. The first kappa shape index (κ1) is 14.3. The van der Waals surface area contributed by atoms with E-state index in [2.05, 4.69) is 10.5 Å². The van der Waals surface area contributed by atoms with E-state index in [0.29, 0.717) is 11.3 Å². The van der Waals surface area contributed by atoms with E-state index in [-0.39, 0.29) is 17.0 Å². The number of amides is 1. The fraction of sp³-hybridized carbons (Fsp3) is 0.0769. The zero-order valence-corrected chi connectivity index (χ0v) is 10.9. The minimum atomic E-state index is -0.593. The lowest BCUT2D eigenvalue weighted by atomic mass is 10.2. The molecule has 1 heterocycles. The molecule has 2 N–H and O–H groups in total. The summed E-state index contributed by atoms with van der Waals surface area (Å²) >= 11 is 0. The zero-order valence-electron chi connectivity index (χ0n) is 10.9. The number of non-ortho nitro benzene ring substituents is 1. The Morgan fingerprint density at radius 1 is 1.48 bits per heavy atom. The lowest BCUT2D eigenvalue weighted by Crippen LogP contribution is -2.17. The molecule has 21 heavy (non-hydrogen) atoms. The van der Waals surface area contributed by atoms with Crippen LogP contribution in [0.3, 0.4) is 0 Å². The maximum atomic E-state index is 11.7. The fourth-order valence-electron chi connectivity index (χ4n) is 1.60. The van der Waals surface area contributed by atoms with Crippen molar-refractivity contribution in [2.75, 3.05) is 0 Å². The van der Waals surface area contributed by atoms with Gasteiger partial charge in [0.2, 0.25) is 0 Å². The van der Waals surface area contributed by atoms with Gasteiger partial charge >= 0.3 is 0 Å². The Balaban J connectivity index is 2.11. The molecule has 0 radical (unpaired) electrons. The lowest BCUT2D eigenvalue weighted by Gasteiger charge is -2.00. The van der Waals surface area contributed by atoms with Gasteiger partial charge in [-0.05, 0) is 19.1 Å². The number of aromatic hydroxyl groups is 1. The van der Waals surface area contributed by atoms with Gasteiger partial charge in [0, 0.05) is 17.7 Å². The number of phenols is 1. The number of nitro groups is 1. The smallest absolute Gasteiger partial charge is 0.274 e. The van der Waals surface area contributed by atoms with Crippen molar-refractivity contribution in [2.45, 2.75) is 6.92 Å². The van der Waals surface area contributed by atoms with E-state index in [1.54, 1.807) is 6.92 Å². The number of benzene rings is 1. The standard InChI is InChI=1S/C13H11N3O5/c1-8-11(4-5-21-8)13(18)15-14-7-9-6-10(16(19)20)2-3-12(9)17/h2-7,17H,1H3,(H,15,18)/b14-7-. The summed E-state index contributed by atoms with van der Waals surface area (Å²) in [6.45, 7) is 1.63. The Labute approximate surface area is 118 Å². The highest BCUT2D eigenvalue weighted by Crippen LogP contribution is 2.21. The molecule has 0 spiro atoms. The highest BCUT2D eigenvalue weighted by Gasteiger charge is 2.11. The second kappa shape index (κ2) is 5.87. The first-order valence-corrected chi connectivity index (χ1v) is 5.84. The molecular formula is C13H11N3O5. The monoisotopic (exact) mass is 289 g/mol. The molecule has 8 nitrogen and oxygen atoms in total. The quantitative estimate of drug-likeness (QED) is 0.506. The summed E-state index contributed by atoms with van der Waals surface area (Å²) < 4.78 is 4.98. The van der Waals surface area contributed by atoms with E-state index in [4.69, 9.17) is 4.42 Å². The average molecular weight is 289 g/mol. The third kappa shape index (κ3) is 3.24. The third-order valence-electron chi connectivity index (χ3n) is 2.70. The summed E-state index contributed by atoms with van der Waals surface area (Å²) in [5.74, 6) is -0.221. The summed E-state index contributed by atoms with van der Waals surface area (Å²) in [5, 5.41) is 23.9. The molecule has 0 aliphatic heterocycles. The first-order valence-electron chi connectivity index (χ1n) is 5.84. The molecule has 2 rings (SSSR count). The predicted molar refractivity (Wildman–Crippen MR) is 73.3 cm³/mol. The molecule has 0 unspecified atom stereocenters. The number of hydrogen-bond acceptors (Lipinski definition) is 6. The van der Waals surface area contributed by atoms with E-state index >= 15 is 0 Å². The summed E-state index contributed by atoms with van der Waals surface area (Å²) in [5.41, 5.74) is 2.50. The van der Waals surface area contributed by atoms with Crippen LogP contribution in [0.25, 0.3) is 0 Å². The van der Waals surface area contributed by atoms with Crippen LogP contribution in [0, 0.1) is 17.0 Å². The van der Waals surface area contributed by atoms with E-state index in [1.807, 2.05) is 0 Å². The normalized spacial score (nSPS) is 10.7. The highest BCUT2D eigenvalue weighted by molar-refractivity contribution is 5.95. The number of phenolic OH excluding ortho intramolecular Hbond substituents is 1. The van der Waals surface area contributed by atoms with Crippen molar-refractivity contribution in [1.82, 2.24) is 5.43 Å². The topological polar surface area (TPSA) is 118 Å². The van der Waals surface area contributed by atoms with Crippen LogP contribution in [0.15, 0.2) is 40.0 Å². The third-order valence-corrected chi connectivity index (χ3v) is 2.70. The zero-order chi connectivity index (χ0) is 15.4. The van der Waals surface area contributed by atoms with Crippen molar-refractivity contribution in [3.05, 3.63) is 57.5 Å². The first-order chi connectivity index (χ1) is 9.99. The number of nitrogens with one attached hydrogen (secondary N) is 1. The van der Waals surface area contributed by atoms with Gasteiger partial charge in [0.25, 0.3) is 11.6 Å². The summed E-state index contributed by atoms with van der Waals surface area (Å²) in [7, 11) is 0. The molecule has 0 fully saturated rings. The molecule has 0 aliphatic carbocycles. The molecule has 2 aromatic rings. The van der Waals surface area contributed by atoms with E-state index in [9.17, 15) is 20.0 Å². The Morgan fingerprint density at radius 2 is 2.24 bits per heavy atom. The van der Waals surface area contributed by atoms with Crippen LogP contribution in [0.2, 0.25) is 0 Å². The molecule has 0 bridgehead atoms. The van der Waals surface area contributed by atoms with Crippen LogP contribution < -0.4 is 5.43 Å². The van der Waals surface area contributed by atoms with Crippen molar-refractivity contribution in [3.8, 4) is 5.75 Å². The van der Waals surface area contributed by atoms with Crippen LogP contribution in [-0.4, -0.2) is 22.2 Å². The molecule has 0 saturated carbocycles. The van der Waals surface area contributed by atoms with Crippen molar-refractivity contribution in [2.24, 2.45) is 5.10 Å². The minimum absolute atomic E-state index is 0.119. The van der Waals surface area contributed by atoms with Gasteiger partial charge in [-0.25, -0.2) is 5.43 Å². The summed E-state index contributed by atoms with van der Waals surface area (Å²) in [6, 6.07) is 4.99. The SMILES string of the molecule is Cc1occc1C(=O)N/N=C\c1cc([N+](=O)[O-])ccc1O. The number of carbonyl (C=O) groups is 1. The average Bonchev–Trinajstić information content (AvgIpc) is 2.86. The van der Waals surface area contributed by atoms with Crippen LogP contribution in [0.5, 0.6) is 5.75 Å². The van der Waals surface area contributed by atoms with E-state index in [1.165, 1.54) is 24.5 Å². The Morgan fingerprint density at radius 3 is 2.86 bits per heavy atom. The fourth-order valence-corrected chi connectivity index (χ4v) is 1.60. The number of carbonyl (C=O) groups excluding carboxylic acids is 1. The summed E-state index contributed by atoms with van der Waals surface area (Å²) in [4.78, 5) is 21.8. The van der Waals surface area contributed by atoms with Gasteiger partial charge in [-0.2, -0.15) is 5.10 Å². The number of hydrogen-bond donors (Lipinski definition) is 2. The molecule has 108 valence electrons. The molecule has 0 aliphatic rings. The number of nitro benzene ring substituents is 1. The van der Waals surface area contributed by atoms with Crippen molar-refractivity contribution >= 4 is 17.8 Å². The lowest BCUT2D eigenvalue weighted by molar-refractivity contribution is -0.384. The van der Waals surface area contributed by atoms with Gasteiger partial charge in [-0.1, -0.05) is 0 Å². The molecule has 0 atom stereocenters.